The fourth-order valence-corrected chi connectivity index (χ4v) is 1.59. The number of fused-ring (bicyclic) bond motifs is 1. The first-order valence-electron chi connectivity index (χ1n) is 5.54. The van der Waals surface area contributed by atoms with Crippen LogP contribution in [0, 0.1) is 0 Å². The van der Waals surface area contributed by atoms with E-state index in [4.69, 9.17) is 0 Å². The number of hydrogen-bond acceptors (Lipinski definition) is 8. The second-order valence-electron chi connectivity index (χ2n) is 3.49. The van der Waals surface area contributed by atoms with Crippen LogP contribution in [0.4, 0.5) is 23.5 Å². The molecule has 0 aliphatic carbocycles. The summed E-state index contributed by atoms with van der Waals surface area (Å²) in [5.74, 6) is 2.34. The van der Waals surface area contributed by atoms with Gasteiger partial charge in [0.05, 0.1) is 0 Å². The molecule has 2 heterocycles. The second-order valence-corrected chi connectivity index (χ2v) is 3.49. The van der Waals surface area contributed by atoms with E-state index in [1.165, 1.54) is 0 Å². The van der Waals surface area contributed by atoms with Crippen molar-refractivity contribution in [3.63, 3.8) is 0 Å². The van der Waals surface area contributed by atoms with Gasteiger partial charge in [-0.05, 0) is 0 Å². The molecular weight excluding hydrogens is 232 g/mol. The quantitative estimate of drug-likeness (QED) is 0.624. The normalized spacial score (nSPS) is 10.2. The van der Waals surface area contributed by atoms with Crippen LogP contribution in [0.1, 0.15) is 0 Å². The fraction of sp³-hybridized carbons (Fsp3) is 0.400. The van der Waals surface area contributed by atoms with Gasteiger partial charge in [-0.1, -0.05) is 0 Å². The summed E-state index contributed by atoms with van der Waals surface area (Å²) >= 11 is 0. The average Bonchev–Trinajstić information content (AvgIpc) is 2.44. The Balaban J connectivity index is 2.80. The van der Waals surface area contributed by atoms with Crippen molar-refractivity contribution in [1.29, 1.82) is 0 Å². The van der Waals surface area contributed by atoms with Crippen molar-refractivity contribution in [1.82, 2.24) is 19.9 Å². The van der Waals surface area contributed by atoms with Gasteiger partial charge in [0, 0.05) is 28.2 Å². The Morgan fingerprint density at radius 2 is 0.944 bits per heavy atom. The van der Waals surface area contributed by atoms with E-state index in [1.807, 2.05) is 0 Å². The van der Waals surface area contributed by atoms with Crippen molar-refractivity contribution < 1.29 is 0 Å². The van der Waals surface area contributed by atoms with Crippen LogP contribution >= 0.6 is 0 Å². The molecule has 0 radical (unpaired) electrons. The number of anilines is 4. The zero-order valence-electron chi connectivity index (χ0n) is 10.8. The predicted molar refractivity (Wildman–Crippen MR) is 73.3 cm³/mol. The molecule has 2 rings (SSSR count). The minimum absolute atomic E-state index is 0.518. The molecule has 2 aromatic rings. The summed E-state index contributed by atoms with van der Waals surface area (Å²) in [7, 11) is 7.12. The Labute approximate surface area is 105 Å². The van der Waals surface area contributed by atoms with E-state index in [2.05, 4.69) is 41.2 Å². The van der Waals surface area contributed by atoms with E-state index in [-0.39, 0.29) is 0 Å². The van der Waals surface area contributed by atoms with Crippen LogP contribution < -0.4 is 21.3 Å². The maximum atomic E-state index is 4.37. The maximum absolute atomic E-state index is 4.37. The van der Waals surface area contributed by atoms with Gasteiger partial charge in [-0.15, -0.1) is 0 Å². The first-order valence-corrected chi connectivity index (χ1v) is 5.54. The first-order chi connectivity index (χ1) is 8.73. The van der Waals surface area contributed by atoms with Crippen molar-refractivity contribution in [3.8, 4) is 0 Å². The smallest absolute Gasteiger partial charge is 0.225 e. The Kier molecular flexibility index (Phi) is 3.26. The monoisotopic (exact) mass is 248 g/mol. The first kappa shape index (κ1) is 12.1. The summed E-state index contributed by atoms with van der Waals surface area (Å²) in [5, 5.41) is 11.8. The third-order valence-electron chi connectivity index (χ3n) is 2.46. The Morgan fingerprint density at radius 1 is 0.556 bits per heavy atom. The van der Waals surface area contributed by atoms with Gasteiger partial charge in [0.1, 0.15) is 11.0 Å². The Bertz CT molecular complexity index is 516. The second kappa shape index (κ2) is 4.86. The molecule has 0 atom stereocenters. The molecule has 4 N–H and O–H groups in total. The van der Waals surface area contributed by atoms with Crippen molar-refractivity contribution >= 4 is 34.6 Å². The molecule has 0 amide bonds. The number of rotatable bonds is 4. The molecule has 0 saturated heterocycles. The minimum Gasteiger partial charge on any atom is -0.371 e. The lowest BCUT2D eigenvalue weighted by Gasteiger charge is -2.11. The number of aromatic nitrogens is 4. The molecule has 0 bridgehead atoms. The number of nitrogens with one attached hydrogen (secondary N) is 4. The molecular formula is C10H16N8. The zero-order valence-corrected chi connectivity index (χ0v) is 10.8. The molecule has 0 aliphatic rings. The number of hydrogen-bond donors (Lipinski definition) is 4. The van der Waals surface area contributed by atoms with Gasteiger partial charge < -0.3 is 21.3 Å². The molecule has 0 aliphatic heterocycles. The van der Waals surface area contributed by atoms with E-state index in [9.17, 15) is 0 Å². The van der Waals surface area contributed by atoms with E-state index >= 15 is 0 Å². The van der Waals surface area contributed by atoms with Crippen LogP contribution in [0.3, 0.4) is 0 Å². The third-order valence-corrected chi connectivity index (χ3v) is 2.46. The standard InChI is InChI=1S/C10H16N8/c1-11-7-5-6(16-9(13-3)17-7)8(12-2)18-10(14-4)15-5/h1-4H3,(H2,11,13,16,17)(H2,12,14,15,18). The minimum atomic E-state index is 0.518. The summed E-state index contributed by atoms with van der Waals surface area (Å²) in [6.45, 7) is 0. The van der Waals surface area contributed by atoms with Gasteiger partial charge in [0.2, 0.25) is 11.9 Å². The van der Waals surface area contributed by atoms with Gasteiger partial charge in [-0.25, -0.2) is 9.97 Å². The molecule has 8 heteroatoms. The maximum Gasteiger partial charge on any atom is 0.225 e. The predicted octanol–water partition coefficient (Wildman–Crippen LogP) is 0.587. The molecule has 18 heavy (non-hydrogen) atoms. The lowest BCUT2D eigenvalue weighted by Crippen LogP contribution is -2.08. The number of nitrogens with zero attached hydrogens (tertiary/aromatic N) is 4. The molecule has 0 unspecified atom stereocenters. The molecule has 8 nitrogen and oxygen atoms in total. The van der Waals surface area contributed by atoms with Crippen LogP contribution in [0.5, 0.6) is 0 Å². The van der Waals surface area contributed by atoms with Gasteiger partial charge in [0.15, 0.2) is 11.6 Å². The highest BCUT2D eigenvalue weighted by molar-refractivity contribution is 5.94. The van der Waals surface area contributed by atoms with Gasteiger partial charge in [0.25, 0.3) is 0 Å². The highest BCUT2D eigenvalue weighted by Crippen LogP contribution is 2.25. The van der Waals surface area contributed by atoms with Crippen molar-refractivity contribution in [2.24, 2.45) is 0 Å². The van der Waals surface area contributed by atoms with Crippen LogP contribution in [0.15, 0.2) is 0 Å². The molecule has 0 spiro atoms. The molecule has 0 saturated carbocycles. The van der Waals surface area contributed by atoms with Crippen molar-refractivity contribution in [2.45, 2.75) is 0 Å². The third kappa shape index (κ3) is 1.92. The highest BCUT2D eigenvalue weighted by atomic mass is 15.2. The van der Waals surface area contributed by atoms with Crippen LogP contribution in [-0.4, -0.2) is 48.1 Å². The van der Waals surface area contributed by atoms with Crippen molar-refractivity contribution in [2.75, 3.05) is 49.5 Å². The molecule has 2 aromatic heterocycles. The largest absolute Gasteiger partial charge is 0.371 e. The van der Waals surface area contributed by atoms with Gasteiger partial charge >= 0.3 is 0 Å². The summed E-state index contributed by atoms with van der Waals surface area (Å²) in [4.78, 5) is 17.4. The summed E-state index contributed by atoms with van der Waals surface area (Å²) in [6.07, 6.45) is 0. The van der Waals surface area contributed by atoms with E-state index in [0.29, 0.717) is 34.6 Å². The lowest BCUT2D eigenvalue weighted by atomic mass is 10.3. The molecule has 0 fully saturated rings. The van der Waals surface area contributed by atoms with Crippen molar-refractivity contribution in [3.05, 3.63) is 0 Å². The average molecular weight is 248 g/mol. The van der Waals surface area contributed by atoms with E-state index in [1.54, 1.807) is 28.2 Å². The van der Waals surface area contributed by atoms with Gasteiger partial charge in [-0.3, -0.25) is 0 Å². The summed E-state index contributed by atoms with van der Waals surface area (Å²) in [5.41, 5.74) is 1.33. The van der Waals surface area contributed by atoms with Gasteiger partial charge in [-0.2, -0.15) is 9.97 Å². The fourth-order valence-electron chi connectivity index (χ4n) is 1.59. The van der Waals surface area contributed by atoms with Crippen LogP contribution in [-0.2, 0) is 0 Å². The topological polar surface area (TPSA) is 99.7 Å². The molecule has 0 aromatic carbocycles. The lowest BCUT2D eigenvalue weighted by molar-refractivity contribution is 1.13. The Morgan fingerprint density at radius 3 is 1.22 bits per heavy atom. The summed E-state index contributed by atoms with van der Waals surface area (Å²) < 4.78 is 0. The molecule has 96 valence electrons. The van der Waals surface area contributed by atoms with E-state index < -0.39 is 0 Å². The zero-order chi connectivity index (χ0) is 13.1. The summed E-state index contributed by atoms with van der Waals surface area (Å²) in [6, 6.07) is 0. The SMILES string of the molecule is CNc1nc(NC)c2nc(NC)nc(NC)c2n1. The van der Waals surface area contributed by atoms with E-state index in [0.717, 1.165) is 0 Å². The van der Waals surface area contributed by atoms with Crippen LogP contribution in [0.2, 0.25) is 0 Å². The Hall–Kier alpha value is -2.38. The highest BCUT2D eigenvalue weighted by Gasteiger charge is 2.13. The van der Waals surface area contributed by atoms with Crippen LogP contribution in [0.25, 0.3) is 11.0 Å².